The predicted octanol–water partition coefficient (Wildman–Crippen LogP) is 4.73. The van der Waals surface area contributed by atoms with Crippen molar-refractivity contribution < 1.29 is 9.53 Å². The van der Waals surface area contributed by atoms with Crippen LogP contribution in [0.4, 0.5) is 0 Å². The topological polar surface area (TPSA) is 26.3 Å². The summed E-state index contributed by atoms with van der Waals surface area (Å²) in [7, 11) is 0. The highest BCUT2D eigenvalue weighted by atomic mass is 32.1. The summed E-state index contributed by atoms with van der Waals surface area (Å²) in [6.07, 6.45) is 16.2. The quantitative estimate of drug-likeness (QED) is 0.414. The second-order valence-corrected chi connectivity index (χ2v) is 6.06. The molecule has 2 rings (SSSR count). The van der Waals surface area contributed by atoms with Crippen molar-refractivity contribution >= 4 is 40.1 Å². The van der Waals surface area contributed by atoms with Crippen LogP contribution in [0.1, 0.15) is 32.6 Å². The average molecular weight is 330 g/mol. The van der Waals surface area contributed by atoms with Crippen molar-refractivity contribution in [3.8, 4) is 0 Å². The standard InChI is InChI=1S/C18H18O2S2/c1-2-7-14(12-13-8-3-5-10-16(13)21)18(19)20-15-9-4-6-11-17(15)22/h3-6,8-9,12H,2,7,10-11H2,1H3. The van der Waals surface area contributed by atoms with Crippen molar-refractivity contribution in [2.75, 3.05) is 0 Å². The minimum absolute atomic E-state index is 0.344. The summed E-state index contributed by atoms with van der Waals surface area (Å²) in [5.41, 5.74) is 1.54. The lowest BCUT2D eigenvalue weighted by Crippen LogP contribution is -2.14. The third-order valence-corrected chi connectivity index (χ3v) is 4.08. The van der Waals surface area contributed by atoms with E-state index in [1.807, 2.05) is 43.4 Å². The number of carbonyl (C=O) groups is 1. The van der Waals surface area contributed by atoms with Crippen LogP contribution < -0.4 is 0 Å². The number of ether oxygens (including phenoxy) is 1. The molecule has 0 saturated carbocycles. The maximum Gasteiger partial charge on any atom is 0.339 e. The molecule has 0 saturated heterocycles. The van der Waals surface area contributed by atoms with E-state index in [2.05, 4.69) is 0 Å². The van der Waals surface area contributed by atoms with Gasteiger partial charge in [-0.1, -0.05) is 68.2 Å². The summed E-state index contributed by atoms with van der Waals surface area (Å²) in [6.45, 7) is 2.03. The summed E-state index contributed by atoms with van der Waals surface area (Å²) >= 11 is 10.6. The number of thiocarbonyl (C=S) groups is 2. The molecule has 0 radical (unpaired) electrons. The van der Waals surface area contributed by atoms with Crippen LogP contribution in [0.5, 0.6) is 0 Å². The molecule has 0 aromatic rings. The second-order valence-electron chi connectivity index (χ2n) is 5.07. The molecule has 0 fully saturated rings. The fourth-order valence-corrected chi connectivity index (χ4v) is 2.59. The van der Waals surface area contributed by atoms with Gasteiger partial charge in [-0.3, -0.25) is 0 Å². The van der Waals surface area contributed by atoms with Gasteiger partial charge < -0.3 is 4.74 Å². The van der Waals surface area contributed by atoms with Crippen LogP contribution in [0.2, 0.25) is 0 Å². The molecule has 2 nitrogen and oxygen atoms in total. The molecule has 4 heteroatoms. The third-order valence-electron chi connectivity index (χ3n) is 3.31. The molecule has 0 N–H and O–H groups in total. The summed E-state index contributed by atoms with van der Waals surface area (Å²) < 4.78 is 5.47. The van der Waals surface area contributed by atoms with Gasteiger partial charge in [-0.25, -0.2) is 4.79 Å². The molecule has 0 bridgehead atoms. The Labute approximate surface area is 141 Å². The van der Waals surface area contributed by atoms with Gasteiger partial charge in [-0.2, -0.15) is 0 Å². The predicted molar refractivity (Wildman–Crippen MR) is 98.0 cm³/mol. The van der Waals surface area contributed by atoms with Crippen LogP contribution >= 0.6 is 24.4 Å². The fourth-order valence-electron chi connectivity index (χ4n) is 2.16. The number of carbonyl (C=O) groups excluding carboxylic acids is 1. The van der Waals surface area contributed by atoms with E-state index in [-0.39, 0.29) is 5.97 Å². The number of allylic oxidation sites excluding steroid dienone is 9. The first-order valence-corrected chi connectivity index (χ1v) is 8.16. The lowest BCUT2D eigenvalue weighted by Gasteiger charge is -2.14. The Bertz CT molecular complexity index is 646. The van der Waals surface area contributed by atoms with E-state index in [0.717, 1.165) is 23.3 Å². The molecular weight excluding hydrogens is 312 g/mol. The van der Waals surface area contributed by atoms with E-state index < -0.39 is 0 Å². The van der Waals surface area contributed by atoms with Crippen LogP contribution in [0, 0.1) is 0 Å². The molecule has 0 aromatic heterocycles. The van der Waals surface area contributed by atoms with Crippen LogP contribution in [0.3, 0.4) is 0 Å². The molecule has 22 heavy (non-hydrogen) atoms. The second kappa shape index (κ2) is 8.11. The van der Waals surface area contributed by atoms with Gasteiger partial charge in [0.1, 0.15) is 5.76 Å². The summed E-state index contributed by atoms with van der Waals surface area (Å²) in [6, 6.07) is 0. The zero-order valence-electron chi connectivity index (χ0n) is 12.5. The monoisotopic (exact) mass is 330 g/mol. The first kappa shape index (κ1) is 16.7. The number of hydrogen-bond acceptors (Lipinski definition) is 4. The highest BCUT2D eigenvalue weighted by molar-refractivity contribution is 7.81. The fraction of sp³-hybridized carbons (Fsp3) is 0.278. The highest BCUT2D eigenvalue weighted by Crippen LogP contribution is 2.19. The Kier molecular flexibility index (Phi) is 6.16. The van der Waals surface area contributed by atoms with E-state index in [1.165, 1.54) is 0 Å². The Morgan fingerprint density at radius 2 is 1.86 bits per heavy atom. The van der Waals surface area contributed by atoms with Gasteiger partial charge in [0.2, 0.25) is 0 Å². The molecule has 0 heterocycles. The van der Waals surface area contributed by atoms with Crippen molar-refractivity contribution in [1.29, 1.82) is 0 Å². The molecule has 0 spiro atoms. The summed E-state index contributed by atoms with van der Waals surface area (Å²) in [5.74, 6) is 0.133. The van der Waals surface area contributed by atoms with Gasteiger partial charge in [-0.15, -0.1) is 0 Å². The van der Waals surface area contributed by atoms with Gasteiger partial charge in [-0.05, 0) is 24.1 Å². The van der Waals surface area contributed by atoms with Crippen LogP contribution in [0.15, 0.2) is 59.4 Å². The third kappa shape index (κ3) is 4.42. The molecule has 0 aliphatic heterocycles. The molecule has 114 valence electrons. The average Bonchev–Trinajstić information content (AvgIpc) is 2.51. The molecule has 0 amide bonds. The molecule has 0 atom stereocenters. The van der Waals surface area contributed by atoms with Crippen molar-refractivity contribution in [2.24, 2.45) is 0 Å². The Balaban J connectivity index is 2.18. The molecule has 2 aliphatic rings. The van der Waals surface area contributed by atoms with E-state index in [9.17, 15) is 4.79 Å². The largest absolute Gasteiger partial charge is 0.422 e. The highest BCUT2D eigenvalue weighted by Gasteiger charge is 2.17. The smallest absolute Gasteiger partial charge is 0.339 e. The van der Waals surface area contributed by atoms with Crippen LogP contribution in [0.25, 0.3) is 0 Å². The van der Waals surface area contributed by atoms with Crippen molar-refractivity contribution in [2.45, 2.75) is 32.6 Å². The first-order chi connectivity index (χ1) is 10.6. The molecule has 0 unspecified atom stereocenters. The van der Waals surface area contributed by atoms with E-state index in [4.69, 9.17) is 29.2 Å². The number of rotatable bonds is 5. The maximum absolute atomic E-state index is 12.4. The van der Waals surface area contributed by atoms with Gasteiger partial charge in [0.25, 0.3) is 0 Å². The van der Waals surface area contributed by atoms with Crippen LogP contribution in [-0.4, -0.2) is 15.7 Å². The van der Waals surface area contributed by atoms with Gasteiger partial charge in [0, 0.05) is 23.3 Å². The zero-order chi connectivity index (χ0) is 15.9. The summed E-state index contributed by atoms with van der Waals surface area (Å²) in [4.78, 5) is 13.9. The lowest BCUT2D eigenvalue weighted by molar-refractivity contribution is -0.134. The van der Waals surface area contributed by atoms with Crippen molar-refractivity contribution in [3.63, 3.8) is 0 Å². The zero-order valence-corrected chi connectivity index (χ0v) is 14.1. The van der Waals surface area contributed by atoms with Crippen molar-refractivity contribution in [3.05, 3.63) is 59.4 Å². The number of esters is 1. The Morgan fingerprint density at radius 3 is 2.50 bits per heavy atom. The number of hydrogen-bond donors (Lipinski definition) is 0. The van der Waals surface area contributed by atoms with Gasteiger partial charge >= 0.3 is 5.97 Å². The minimum atomic E-state index is -0.344. The summed E-state index contributed by atoms with van der Waals surface area (Å²) in [5, 5.41) is 0. The van der Waals surface area contributed by atoms with Gasteiger partial charge in [0.05, 0.1) is 4.86 Å². The van der Waals surface area contributed by atoms with E-state index in [0.29, 0.717) is 29.0 Å². The first-order valence-electron chi connectivity index (χ1n) is 7.34. The van der Waals surface area contributed by atoms with E-state index >= 15 is 0 Å². The minimum Gasteiger partial charge on any atom is -0.422 e. The maximum atomic E-state index is 12.4. The van der Waals surface area contributed by atoms with Crippen molar-refractivity contribution in [1.82, 2.24) is 0 Å². The van der Waals surface area contributed by atoms with E-state index in [1.54, 1.807) is 6.08 Å². The van der Waals surface area contributed by atoms with Gasteiger partial charge in [0.15, 0.2) is 0 Å². The molecule has 0 aromatic carbocycles. The Morgan fingerprint density at radius 1 is 1.18 bits per heavy atom. The normalized spacial score (nSPS) is 18.1. The Hall–Kier alpha value is -1.65. The van der Waals surface area contributed by atoms with Crippen LogP contribution in [-0.2, 0) is 9.53 Å². The molecule has 2 aliphatic carbocycles. The lowest BCUT2D eigenvalue weighted by atomic mass is 10.00. The molecular formula is C18H18O2S2. The SMILES string of the molecule is CCCC(=CC1=CC=CCC1=S)C(=O)OC1=CC=CCC1=S.